The fraction of sp³-hybridized carbons (Fsp3) is 0.500. The molecule has 3 rings (SSSR count). The lowest BCUT2D eigenvalue weighted by molar-refractivity contribution is 0.458. The van der Waals surface area contributed by atoms with Gasteiger partial charge < -0.3 is 10.6 Å². The van der Waals surface area contributed by atoms with Crippen LogP contribution in [0.2, 0.25) is 0 Å². The molecule has 1 aliphatic heterocycles. The molecular formula is C12H16BrN5. The van der Waals surface area contributed by atoms with Crippen LogP contribution in [-0.4, -0.2) is 33.7 Å². The molecule has 2 N–H and O–H groups in total. The normalized spacial score (nSPS) is 20.6. The molecule has 0 aliphatic carbocycles. The number of hydrogen-bond donors (Lipinski definition) is 1. The molecule has 96 valence electrons. The quantitative estimate of drug-likeness (QED) is 0.919. The van der Waals surface area contributed by atoms with Gasteiger partial charge in [0.2, 0.25) is 5.95 Å². The number of nitrogens with zero attached hydrogens (tertiary/aromatic N) is 4. The highest BCUT2D eigenvalue weighted by atomic mass is 79.9. The van der Waals surface area contributed by atoms with Gasteiger partial charge in [0, 0.05) is 29.8 Å². The largest absolute Gasteiger partial charge is 0.335 e. The molecule has 2 aromatic heterocycles. The Kier molecular flexibility index (Phi) is 3.22. The van der Waals surface area contributed by atoms with E-state index in [4.69, 9.17) is 5.73 Å². The summed E-state index contributed by atoms with van der Waals surface area (Å²) >= 11 is 3.44. The van der Waals surface area contributed by atoms with Crippen molar-refractivity contribution in [2.45, 2.75) is 25.3 Å². The number of aromatic nitrogens is 3. The predicted molar refractivity (Wildman–Crippen MR) is 74.7 cm³/mol. The van der Waals surface area contributed by atoms with Crippen molar-refractivity contribution in [2.24, 2.45) is 5.73 Å². The maximum atomic E-state index is 5.84. The van der Waals surface area contributed by atoms with Crippen LogP contribution in [0.5, 0.6) is 0 Å². The van der Waals surface area contributed by atoms with Gasteiger partial charge >= 0.3 is 0 Å². The number of pyridine rings is 1. The Labute approximate surface area is 114 Å². The molecule has 0 aromatic carbocycles. The van der Waals surface area contributed by atoms with Crippen molar-refractivity contribution in [3.63, 3.8) is 0 Å². The van der Waals surface area contributed by atoms with Crippen molar-refractivity contribution < 1.29 is 0 Å². The minimum atomic E-state index is 0.375. The first-order valence-electron chi connectivity index (χ1n) is 6.26. The number of halogens is 1. The third-order valence-corrected chi connectivity index (χ3v) is 3.91. The molecule has 1 unspecified atom stereocenters. The van der Waals surface area contributed by atoms with Crippen molar-refractivity contribution in [1.82, 2.24) is 14.6 Å². The maximum absolute atomic E-state index is 5.84. The summed E-state index contributed by atoms with van der Waals surface area (Å²) in [6.45, 7) is 1.67. The molecular weight excluding hydrogens is 294 g/mol. The summed E-state index contributed by atoms with van der Waals surface area (Å²) in [5.41, 5.74) is 6.71. The Morgan fingerprint density at radius 1 is 1.39 bits per heavy atom. The van der Waals surface area contributed by atoms with E-state index in [1.165, 1.54) is 12.8 Å². The number of nitrogens with two attached hydrogens (primary N) is 1. The summed E-state index contributed by atoms with van der Waals surface area (Å²) < 4.78 is 2.81. The first-order chi connectivity index (χ1) is 8.78. The van der Waals surface area contributed by atoms with Gasteiger partial charge in [-0.05, 0) is 47.3 Å². The van der Waals surface area contributed by atoms with Gasteiger partial charge in [0.15, 0.2) is 5.65 Å². The lowest BCUT2D eigenvalue weighted by atomic mass is 10.0. The molecule has 2 aromatic rings. The van der Waals surface area contributed by atoms with Crippen LogP contribution in [0.15, 0.2) is 22.8 Å². The lowest BCUT2D eigenvalue weighted by Crippen LogP contribution is -2.44. The molecule has 0 amide bonds. The SMILES string of the molecule is NCC1CCCCN1c1nc2ccc(Br)cn2n1. The zero-order valence-electron chi connectivity index (χ0n) is 10.1. The number of rotatable bonds is 2. The Morgan fingerprint density at radius 3 is 3.11 bits per heavy atom. The van der Waals surface area contributed by atoms with Crippen LogP contribution in [0, 0.1) is 0 Å². The summed E-state index contributed by atoms with van der Waals surface area (Å²) in [4.78, 5) is 6.82. The van der Waals surface area contributed by atoms with Crippen LogP contribution in [0.3, 0.4) is 0 Å². The second kappa shape index (κ2) is 4.85. The highest BCUT2D eigenvalue weighted by Crippen LogP contribution is 2.22. The fourth-order valence-electron chi connectivity index (χ4n) is 2.48. The van der Waals surface area contributed by atoms with Gasteiger partial charge in [0.05, 0.1) is 0 Å². The minimum absolute atomic E-state index is 0.375. The molecule has 5 nitrogen and oxygen atoms in total. The average Bonchev–Trinajstić information content (AvgIpc) is 2.81. The number of anilines is 1. The van der Waals surface area contributed by atoms with Crippen LogP contribution in [-0.2, 0) is 0 Å². The standard InChI is InChI=1S/C12H16BrN5/c13-9-4-5-11-15-12(16-18(11)8-9)17-6-2-1-3-10(17)7-14/h4-5,8,10H,1-3,6-7,14H2. The van der Waals surface area contributed by atoms with E-state index in [0.717, 1.165) is 29.0 Å². The van der Waals surface area contributed by atoms with Crippen molar-refractivity contribution in [3.05, 3.63) is 22.8 Å². The van der Waals surface area contributed by atoms with E-state index in [1.807, 2.05) is 22.8 Å². The van der Waals surface area contributed by atoms with Gasteiger partial charge in [-0.1, -0.05) is 0 Å². The van der Waals surface area contributed by atoms with Crippen molar-refractivity contribution in [2.75, 3.05) is 18.0 Å². The predicted octanol–water partition coefficient (Wildman–Crippen LogP) is 1.81. The topological polar surface area (TPSA) is 59.5 Å². The van der Waals surface area contributed by atoms with Crippen LogP contribution in [0.4, 0.5) is 5.95 Å². The zero-order valence-corrected chi connectivity index (χ0v) is 11.7. The third kappa shape index (κ3) is 2.10. The molecule has 3 heterocycles. The van der Waals surface area contributed by atoms with E-state index in [0.29, 0.717) is 12.6 Å². The molecule has 0 radical (unpaired) electrons. The minimum Gasteiger partial charge on any atom is -0.335 e. The molecule has 1 fully saturated rings. The van der Waals surface area contributed by atoms with Crippen LogP contribution >= 0.6 is 15.9 Å². The van der Waals surface area contributed by atoms with Gasteiger partial charge in [-0.15, -0.1) is 5.10 Å². The summed E-state index contributed by atoms with van der Waals surface area (Å²) in [5.74, 6) is 0.795. The fourth-order valence-corrected chi connectivity index (χ4v) is 2.80. The van der Waals surface area contributed by atoms with Crippen LogP contribution in [0.1, 0.15) is 19.3 Å². The van der Waals surface area contributed by atoms with E-state index >= 15 is 0 Å². The Balaban J connectivity index is 1.97. The highest BCUT2D eigenvalue weighted by Gasteiger charge is 2.24. The van der Waals surface area contributed by atoms with Gasteiger partial charge in [-0.2, -0.15) is 4.98 Å². The van der Waals surface area contributed by atoms with E-state index in [9.17, 15) is 0 Å². The van der Waals surface area contributed by atoms with E-state index in [-0.39, 0.29) is 0 Å². The Morgan fingerprint density at radius 2 is 2.28 bits per heavy atom. The molecule has 1 atom stereocenters. The smallest absolute Gasteiger partial charge is 0.245 e. The first kappa shape index (κ1) is 11.9. The molecule has 6 heteroatoms. The Hall–Kier alpha value is -1.14. The van der Waals surface area contributed by atoms with Crippen LogP contribution < -0.4 is 10.6 Å². The maximum Gasteiger partial charge on any atom is 0.245 e. The van der Waals surface area contributed by atoms with E-state index in [1.54, 1.807) is 0 Å². The van der Waals surface area contributed by atoms with E-state index < -0.39 is 0 Å². The second-order valence-electron chi connectivity index (χ2n) is 4.64. The van der Waals surface area contributed by atoms with Crippen LogP contribution in [0.25, 0.3) is 5.65 Å². The van der Waals surface area contributed by atoms with E-state index in [2.05, 4.69) is 30.9 Å². The third-order valence-electron chi connectivity index (χ3n) is 3.44. The second-order valence-corrected chi connectivity index (χ2v) is 5.56. The van der Waals surface area contributed by atoms with Gasteiger partial charge in [0.1, 0.15) is 0 Å². The summed E-state index contributed by atoms with van der Waals surface area (Å²) in [7, 11) is 0. The van der Waals surface area contributed by atoms with Crippen molar-refractivity contribution >= 4 is 27.5 Å². The summed E-state index contributed by atoms with van der Waals surface area (Å²) in [6, 6.07) is 4.31. The number of hydrogen-bond acceptors (Lipinski definition) is 4. The molecule has 0 bridgehead atoms. The summed E-state index contributed by atoms with van der Waals surface area (Å²) in [6.07, 6.45) is 5.50. The Bertz CT molecular complexity index is 552. The lowest BCUT2D eigenvalue weighted by Gasteiger charge is -2.33. The number of fused-ring (bicyclic) bond motifs is 1. The molecule has 1 saturated heterocycles. The molecule has 18 heavy (non-hydrogen) atoms. The molecule has 0 spiro atoms. The molecule has 0 saturated carbocycles. The van der Waals surface area contributed by atoms with Gasteiger partial charge in [-0.25, -0.2) is 4.52 Å². The highest BCUT2D eigenvalue weighted by molar-refractivity contribution is 9.10. The average molecular weight is 310 g/mol. The molecule has 1 aliphatic rings. The zero-order chi connectivity index (χ0) is 12.5. The van der Waals surface area contributed by atoms with Gasteiger partial charge in [0.25, 0.3) is 0 Å². The summed E-state index contributed by atoms with van der Waals surface area (Å²) in [5, 5.41) is 4.54. The first-order valence-corrected chi connectivity index (χ1v) is 7.06. The monoisotopic (exact) mass is 309 g/mol. The van der Waals surface area contributed by atoms with Crippen molar-refractivity contribution in [1.29, 1.82) is 0 Å². The number of piperidine rings is 1. The van der Waals surface area contributed by atoms with Crippen molar-refractivity contribution in [3.8, 4) is 0 Å². The van der Waals surface area contributed by atoms with Gasteiger partial charge in [-0.3, -0.25) is 0 Å².